The number of carbonyl (C=O) groups is 2. The number of esters is 1. The molecule has 1 amide bonds. The Morgan fingerprint density at radius 3 is 2.46 bits per heavy atom. The second kappa shape index (κ2) is 11.0. The monoisotopic (exact) mass is 468 g/mol. The molecule has 0 aliphatic heterocycles. The van der Waals surface area contributed by atoms with Crippen molar-refractivity contribution in [2.24, 2.45) is 5.10 Å². The zero-order chi connectivity index (χ0) is 24.6. The highest BCUT2D eigenvalue weighted by Gasteiger charge is 2.13. The minimum absolute atomic E-state index is 0.178. The number of hydrogen-bond acceptors (Lipinski definition) is 6. The zero-order valence-electron chi connectivity index (χ0n) is 19.4. The van der Waals surface area contributed by atoms with Gasteiger partial charge in [0.15, 0.2) is 18.1 Å². The largest absolute Gasteiger partial charge is 0.493 e. The van der Waals surface area contributed by atoms with Crippen LogP contribution in [0.4, 0.5) is 0 Å². The molecule has 0 radical (unpaired) electrons. The lowest BCUT2D eigenvalue weighted by Gasteiger charge is -2.10. The van der Waals surface area contributed by atoms with Gasteiger partial charge in [0.1, 0.15) is 5.75 Å². The highest BCUT2D eigenvalue weighted by Crippen LogP contribution is 2.28. The van der Waals surface area contributed by atoms with Crippen LogP contribution in [0, 0.1) is 6.92 Å². The molecule has 7 nitrogen and oxygen atoms in total. The van der Waals surface area contributed by atoms with Crippen LogP contribution in [0.3, 0.4) is 0 Å². The topological polar surface area (TPSA) is 86.2 Å². The van der Waals surface area contributed by atoms with E-state index in [0.29, 0.717) is 22.6 Å². The maximum Gasteiger partial charge on any atom is 0.343 e. The molecule has 0 unspecified atom stereocenters. The molecule has 176 valence electrons. The predicted octanol–water partition coefficient (Wildman–Crippen LogP) is 4.91. The fourth-order valence-electron chi connectivity index (χ4n) is 3.37. The predicted molar refractivity (Wildman–Crippen MR) is 134 cm³/mol. The van der Waals surface area contributed by atoms with E-state index in [0.717, 1.165) is 16.3 Å². The van der Waals surface area contributed by atoms with E-state index in [-0.39, 0.29) is 12.4 Å². The van der Waals surface area contributed by atoms with Gasteiger partial charge in [-0.05, 0) is 54.3 Å². The van der Waals surface area contributed by atoms with Crippen molar-refractivity contribution in [1.82, 2.24) is 5.43 Å². The Kier molecular flexibility index (Phi) is 7.37. The fourth-order valence-corrected chi connectivity index (χ4v) is 3.37. The van der Waals surface area contributed by atoms with Gasteiger partial charge in [0.2, 0.25) is 0 Å². The summed E-state index contributed by atoms with van der Waals surface area (Å²) in [6.07, 6.45) is 1.46. The minimum Gasteiger partial charge on any atom is -0.493 e. The molecule has 0 atom stereocenters. The third-order valence-corrected chi connectivity index (χ3v) is 5.19. The first-order valence-electron chi connectivity index (χ1n) is 10.9. The first kappa shape index (κ1) is 23.5. The molecule has 1 N–H and O–H groups in total. The highest BCUT2D eigenvalue weighted by atomic mass is 16.6. The Morgan fingerprint density at radius 1 is 0.886 bits per heavy atom. The number of aryl methyl sites for hydroxylation is 1. The number of fused-ring (bicyclic) bond motifs is 1. The van der Waals surface area contributed by atoms with Crippen LogP contribution in [0.15, 0.2) is 90.0 Å². The summed E-state index contributed by atoms with van der Waals surface area (Å²) in [5, 5.41) is 5.93. The van der Waals surface area contributed by atoms with E-state index in [1.54, 1.807) is 30.3 Å². The van der Waals surface area contributed by atoms with Gasteiger partial charge in [0, 0.05) is 5.39 Å². The summed E-state index contributed by atoms with van der Waals surface area (Å²) in [5.41, 5.74) is 4.58. The number of hydrazone groups is 1. The fraction of sp³-hybridized carbons (Fsp3) is 0.107. The van der Waals surface area contributed by atoms with Gasteiger partial charge >= 0.3 is 5.97 Å². The average molecular weight is 469 g/mol. The number of ether oxygens (including phenoxy) is 3. The highest BCUT2D eigenvalue weighted by molar-refractivity contribution is 5.92. The summed E-state index contributed by atoms with van der Waals surface area (Å²) in [4.78, 5) is 24.6. The van der Waals surface area contributed by atoms with Crippen LogP contribution in [-0.4, -0.2) is 31.8 Å². The van der Waals surface area contributed by atoms with Crippen molar-refractivity contribution in [3.63, 3.8) is 0 Å². The molecule has 35 heavy (non-hydrogen) atoms. The maximum atomic E-state index is 12.4. The third-order valence-electron chi connectivity index (χ3n) is 5.19. The van der Waals surface area contributed by atoms with E-state index in [1.807, 2.05) is 61.5 Å². The quantitative estimate of drug-likeness (QED) is 0.172. The zero-order valence-corrected chi connectivity index (χ0v) is 19.4. The molecule has 0 aliphatic carbocycles. The summed E-state index contributed by atoms with van der Waals surface area (Å²) in [7, 11) is 1.48. The Morgan fingerprint density at radius 2 is 1.66 bits per heavy atom. The van der Waals surface area contributed by atoms with Crippen molar-refractivity contribution in [1.29, 1.82) is 0 Å². The number of rotatable bonds is 8. The van der Waals surface area contributed by atoms with Crippen molar-refractivity contribution in [3.05, 3.63) is 102 Å². The number of amides is 1. The molecule has 4 aromatic carbocycles. The molecule has 0 saturated heterocycles. The van der Waals surface area contributed by atoms with Gasteiger partial charge in [-0.15, -0.1) is 0 Å². The Hall–Kier alpha value is -4.65. The van der Waals surface area contributed by atoms with Gasteiger partial charge in [-0.3, -0.25) is 4.79 Å². The standard InChI is InChI=1S/C28H24N2O5/c1-19-10-13-22(14-11-19)28(32)35-25-15-12-20(16-26(25)33-2)17-29-30-27(31)18-34-24-9-5-7-21-6-3-4-8-23(21)24/h3-17H,18H2,1-2H3,(H,30,31). The van der Waals surface area contributed by atoms with Crippen LogP contribution < -0.4 is 19.6 Å². The Balaban J connectivity index is 1.34. The van der Waals surface area contributed by atoms with Crippen molar-refractivity contribution >= 4 is 28.9 Å². The Labute approximate surface area is 202 Å². The molecule has 0 fully saturated rings. The van der Waals surface area contributed by atoms with Crippen LogP contribution in [0.2, 0.25) is 0 Å². The van der Waals surface area contributed by atoms with Crippen LogP contribution in [-0.2, 0) is 4.79 Å². The summed E-state index contributed by atoms with van der Waals surface area (Å²) in [6.45, 7) is 1.77. The van der Waals surface area contributed by atoms with E-state index in [2.05, 4.69) is 10.5 Å². The molecule has 0 bridgehead atoms. The number of methoxy groups -OCH3 is 1. The van der Waals surface area contributed by atoms with Gasteiger partial charge in [-0.25, -0.2) is 10.2 Å². The summed E-state index contributed by atoms with van der Waals surface area (Å²) >= 11 is 0. The molecule has 4 aromatic rings. The van der Waals surface area contributed by atoms with Crippen molar-refractivity contribution in [3.8, 4) is 17.2 Å². The average Bonchev–Trinajstić information content (AvgIpc) is 2.88. The second-order valence-electron chi connectivity index (χ2n) is 7.72. The number of carbonyl (C=O) groups excluding carboxylic acids is 2. The Bertz CT molecular complexity index is 1370. The second-order valence-corrected chi connectivity index (χ2v) is 7.72. The van der Waals surface area contributed by atoms with E-state index in [9.17, 15) is 9.59 Å². The first-order chi connectivity index (χ1) is 17.0. The van der Waals surface area contributed by atoms with E-state index < -0.39 is 11.9 Å². The van der Waals surface area contributed by atoms with Crippen LogP contribution in [0.5, 0.6) is 17.2 Å². The van der Waals surface area contributed by atoms with E-state index >= 15 is 0 Å². The number of nitrogens with zero attached hydrogens (tertiary/aromatic N) is 1. The normalized spacial score (nSPS) is 10.8. The molecule has 0 saturated carbocycles. The summed E-state index contributed by atoms with van der Waals surface area (Å²) in [6, 6.07) is 25.5. The molecular formula is C28H24N2O5. The SMILES string of the molecule is COc1cc(C=NNC(=O)COc2cccc3ccccc23)ccc1OC(=O)c1ccc(C)cc1. The molecule has 0 heterocycles. The molecule has 0 spiro atoms. The van der Waals surface area contributed by atoms with E-state index in [1.165, 1.54) is 13.3 Å². The lowest BCUT2D eigenvalue weighted by molar-refractivity contribution is -0.123. The molecule has 4 rings (SSSR count). The lowest BCUT2D eigenvalue weighted by Crippen LogP contribution is -2.24. The minimum atomic E-state index is -0.483. The maximum absolute atomic E-state index is 12.4. The number of hydrogen-bond donors (Lipinski definition) is 1. The lowest BCUT2D eigenvalue weighted by atomic mass is 10.1. The summed E-state index contributed by atoms with van der Waals surface area (Å²) in [5.74, 6) is 0.387. The van der Waals surface area contributed by atoms with Crippen LogP contribution >= 0.6 is 0 Å². The smallest absolute Gasteiger partial charge is 0.343 e. The van der Waals surface area contributed by atoms with Crippen molar-refractivity contribution in [2.45, 2.75) is 6.92 Å². The van der Waals surface area contributed by atoms with Crippen LogP contribution in [0.1, 0.15) is 21.5 Å². The van der Waals surface area contributed by atoms with Gasteiger partial charge < -0.3 is 14.2 Å². The van der Waals surface area contributed by atoms with E-state index in [4.69, 9.17) is 14.2 Å². The van der Waals surface area contributed by atoms with Gasteiger partial charge in [0.05, 0.1) is 18.9 Å². The van der Waals surface area contributed by atoms with Gasteiger partial charge in [-0.1, -0.05) is 54.1 Å². The number of benzene rings is 4. The van der Waals surface area contributed by atoms with Crippen LogP contribution in [0.25, 0.3) is 10.8 Å². The molecule has 0 aliphatic rings. The molecule has 0 aromatic heterocycles. The van der Waals surface area contributed by atoms with Gasteiger partial charge in [0.25, 0.3) is 5.91 Å². The molecule has 7 heteroatoms. The summed E-state index contributed by atoms with van der Waals surface area (Å²) < 4.78 is 16.5. The first-order valence-corrected chi connectivity index (χ1v) is 10.9. The third kappa shape index (κ3) is 6.03. The molecular weight excluding hydrogens is 444 g/mol. The van der Waals surface area contributed by atoms with Gasteiger partial charge in [-0.2, -0.15) is 5.10 Å². The van der Waals surface area contributed by atoms with Crippen molar-refractivity contribution < 1.29 is 23.8 Å². The number of nitrogens with one attached hydrogen (secondary N) is 1. The van der Waals surface area contributed by atoms with Crippen molar-refractivity contribution in [2.75, 3.05) is 13.7 Å².